The van der Waals surface area contributed by atoms with Crippen molar-refractivity contribution in [3.8, 4) is 0 Å². The Morgan fingerprint density at radius 2 is 1.81 bits per heavy atom. The maximum absolute atomic E-state index is 12.4. The molecule has 1 aliphatic rings. The average molecular weight is 414 g/mol. The molecule has 0 spiro atoms. The summed E-state index contributed by atoms with van der Waals surface area (Å²) in [5, 5.41) is 2.97. The van der Waals surface area contributed by atoms with Crippen LogP contribution in [0.25, 0.3) is 0 Å². The number of benzene rings is 1. The molecule has 1 fully saturated rings. The van der Waals surface area contributed by atoms with Gasteiger partial charge in [-0.1, -0.05) is 25.3 Å². The van der Waals surface area contributed by atoms with Gasteiger partial charge in [-0.2, -0.15) is 0 Å². The first kappa shape index (κ1) is 22.8. The van der Waals surface area contributed by atoms with E-state index in [9.17, 15) is 4.79 Å². The van der Waals surface area contributed by atoms with E-state index in [1.54, 1.807) is 18.0 Å². The number of pyridine rings is 1. The van der Waals surface area contributed by atoms with Crippen LogP contribution >= 0.6 is 36.6 Å². The lowest BCUT2D eigenvalue weighted by Gasteiger charge is -2.31. The molecule has 0 atom stereocenters. The van der Waals surface area contributed by atoms with Gasteiger partial charge < -0.3 is 11.1 Å². The van der Waals surface area contributed by atoms with Crippen molar-refractivity contribution in [2.45, 2.75) is 48.3 Å². The molecule has 0 bridgehead atoms. The van der Waals surface area contributed by atoms with Crippen molar-refractivity contribution in [3.63, 3.8) is 0 Å². The summed E-state index contributed by atoms with van der Waals surface area (Å²) in [7, 11) is 0. The van der Waals surface area contributed by atoms with Gasteiger partial charge in [0.15, 0.2) is 0 Å². The lowest BCUT2D eigenvalue weighted by atomic mass is 9.82. The first-order chi connectivity index (χ1) is 11.7. The summed E-state index contributed by atoms with van der Waals surface area (Å²) < 4.78 is 0. The first-order valence-electron chi connectivity index (χ1n) is 8.38. The van der Waals surface area contributed by atoms with Gasteiger partial charge in [0.25, 0.3) is 0 Å². The molecule has 1 aromatic carbocycles. The molecule has 1 aromatic heterocycles. The molecule has 1 aliphatic carbocycles. The maximum atomic E-state index is 12.4. The fourth-order valence-electron chi connectivity index (χ4n) is 2.95. The van der Waals surface area contributed by atoms with Crippen molar-refractivity contribution in [1.29, 1.82) is 0 Å². The summed E-state index contributed by atoms with van der Waals surface area (Å²) in [6.45, 7) is 0. The second-order valence-corrected chi connectivity index (χ2v) is 7.39. The third-order valence-corrected chi connectivity index (χ3v) is 5.52. The number of nitrogens with two attached hydrogens (primary N) is 1. The number of anilines is 1. The predicted octanol–water partition coefficient (Wildman–Crippen LogP) is 4.82. The van der Waals surface area contributed by atoms with Gasteiger partial charge in [-0.15, -0.1) is 36.6 Å². The molecule has 26 heavy (non-hydrogen) atoms. The molecule has 0 unspecified atom stereocenters. The van der Waals surface area contributed by atoms with Crippen LogP contribution in [0.15, 0.2) is 53.7 Å². The van der Waals surface area contributed by atoms with Crippen LogP contribution in [-0.4, -0.2) is 16.4 Å². The number of hydrogen-bond donors (Lipinski definition) is 2. The summed E-state index contributed by atoms with van der Waals surface area (Å²) in [5.41, 5.74) is 7.57. The topological polar surface area (TPSA) is 68.0 Å². The Balaban J connectivity index is 0.00000169. The highest BCUT2D eigenvalue weighted by Gasteiger charge is 2.35. The summed E-state index contributed by atoms with van der Waals surface area (Å²) in [4.78, 5) is 17.7. The van der Waals surface area contributed by atoms with Crippen molar-refractivity contribution in [2.75, 3.05) is 5.32 Å². The normalized spacial score (nSPS) is 15.3. The fraction of sp³-hybridized carbons (Fsp3) is 0.368. The minimum absolute atomic E-state index is 0. The van der Waals surface area contributed by atoms with E-state index in [-0.39, 0.29) is 30.7 Å². The van der Waals surface area contributed by atoms with E-state index < -0.39 is 5.54 Å². The van der Waals surface area contributed by atoms with Crippen LogP contribution in [0.1, 0.15) is 37.7 Å². The number of carbonyl (C=O) groups excluding carboxylic acids is 1. The zero-order chi connectivity index (χ0) is 16.8. The van der Waals surface area contributed by atoms with E-state index in [0.29, 0.717) is 0 Å². The Labute approximate surface area is 171 Å². The Hall–Kier alpha value is -1.27. The van der Waals surface area contributed by atoms with Crippen LogP contribution in [0.5, 0.6) is 0 Å². The molecule has 1 heterocycles. The summed E-state index contributed by atoms with van der Waals surface area (Å²) in [6, 6.07) is 12.0. The van der Waals surface area contributed by atoms with E-state index >= 15 is 0 Å². The standard InChI is InChI=1S/C19H23N3OS.2ClH/c20-19(10-2-1-3-11-19)18(23)22-16-6-8-17(9-7-16)24-14-15-5-4-12-21-13-15;;/h4-9,12-13H,1-3,10-11,14,20H2,(H,22,23);2*1H. The van der Waals surface area contributed by atoms with Gasteiger partial charge in [0.2, 0.25) is 5.91 Å². The molecule has 4 nitrogen and oxygen atoms in total. The first-order valence-corrected chi connectivity index (χ1v) is 9.36. The van der Waals surface area contributed by atoms with E-state index in [1.807, 2.05) is 36.5 Å². The Morgan fingerprint density at radius 3 is 2.42 bits per heavy atom. The Bertz CT molecular complexity index is 677. The molecular weight excluding hydrogens is 389 g/mol. The molecule has 142 valence electrons. The molecule has 0 saturated heterocycles. The minimum Gasteiger partial charge on any atom is -0.324 e. The largest absolute Gasteiger partial charge is 0.324 e. The van der Waals surface area contributed by atoms with Crippen LogP contribution in [-0.2, 0) is 10.5 Å². The molecule has 0 radical (unpaired) electrons. The number of hydrogen-bond acceptors (Lipinski definition) is 4. The molecule has 3 rings (SSSR count). The second-order valence-electron chi connectivity index (χ2n) is 6.35. The molecular formula is C19H25Cl2N3OS. The van der Waals surface area contributed by atoms with Crippen molar-refractivity contribution in [2.24, 2.45) is 5.73 Å². The lowest BCUT2D eigenvalue weighted by Crippen LogP contribution is -2.52. The third kappa shape index (κ3) is 6.16. The van der Waals surface area contributed by atoms with Gasteiger partial charge in [0.1, 0.15) is 0 Å². The second kappa shape index (κ2) is 10.8. The smallest absolute Gasteiger partial charge is 0.244 e. The SMILES string of the molecule is Cl.Cl.NC1(C(=O)Nc2ccc(SCc3cccnc3)cc2)CCCCC1. The number of amides is 1. The van der Waals surface area contributed by atoms with Gasteiger partial charge in [0.05, 0.1) is 5.54 Å². The van der Waals surface area contributed by atoms with Gasteiger partial charge >= 0.3 is 0 Å². The monoisotopic (exact) mass is 413 g/mol. The predicted molar refractivity (Wildman–Crippen MR) is 113 cm³/mol. The van der Waals surface area contributed by atoms with Crippen molar-refractivity contribution >= 4 is 48.2 Å². The van der Waals surface area contributed by atoms with E-state index in [0.717, 1.165) is 42.0 Å². The highest BCUT2D eigenvalue weighted by molar-refractivity contribution is 7.98. The molecule has 3 N–H and O–H groups in total. The quantitative estimate of drug-likeness (QED) is 0.689. The number of rotatable bonds is 5. The fourth-order valence-corrected chi connectivity index (χ4v) is 3.78. The van der Waals surface area contributed by atoms with E-state index in [1.165, 1.54) is 12.0 Å². The van der Waals surface area contributed by atoms with Gasteiger partial charge in [-0.05, 0) is 48.7 Å². The highest BCUT2D eigenvalue weighted by Crippen LogP contribution is 2.28. The minimum atomic E-state index is -0.702. The van der Waals surface area contributed by atoms with Gasteiger partial charge in [-0.25, -0.2) is 0 Å². The van der Waals surface area contributed by atoms with Crippen LogP contribution in [0.3, 0.4) is 0 Å². The van der Waals surface area contributed by atoms with Crippen LogP contribution < -0.4 is 11.1 Å². The van der Waals surface area contributed by atoms with Crippen molar-refractivity contribution < 1.29 is 4.79 Å². The molecule has 1 amide bonds. The summed E-state index contributed by atoms with van der Waals surface area (Å²) in [6.07, 6.45) is 8.46. The third-order valence-electron chi connectivity index (χ3n) is 4.44. The Morgan fingerprint density at radius 1 is 1.12 bits per heavy atom. The average Bonchev–Trinajstić information content (AvgIpc) is 2.62. The van der Waals surface area contributed by atoms with Crippen LogP contribution in [0, 0.1) is 0 Å². The number of thioether (sulfide) groups is 1. The van der Waals surface area contributed by atoms with Gasteiger partial charge in [0, 0.05) is 28.7 Å². The zero-order valence-corrected chi connectivity index (χ0v) is 17.0. The summed E-state index contributed by atoms with van der Waals surface area (Å²) >= 11 is 1.75. The van der Waals surface area contributed by atoms with Crippen LogP contribution in [0.2, 0.25) is 0 Å². The zero-order valence-electron chi connectivity index (χ0n) is 14.5. The van der Waals surface area contributed by atoms with Crippen molar-refractivity contribution in [3.05, 3.63) is 54.4 Å². The molecule has 2 aromatic rings. The van der Waals surface area contributed by atoms with Crippen molar-refractivity contribution in [1.82, 2.24) is 4.98 Å². The highest BCUT2D eigenvalue weighted by atomic mass is 35.5. The number of aromatic nitrogens is 1. The number of nitrogens with zero attached hydrogens (tertiary/aromatic N) is 1. The molecule has 1 saturated carbocycles. The van der Waals surface area contributed by atoms with Crippen LogP contribution in [0.4, 0.5) is 5.69 Å². The maximum Gasteiger partial charge on any atom is 0.244 e. The molecule has 7 heteroatoms. The number of carbonyl (C=O) groups is 1. The summed E-state index contributed by atoms with van der Waals surface area (Å²) in [5.74, 6) is 0.823. The number of nitrogens with one attached hydrogen (secondary N) is 1. The molecule has 0 aliphatic heterocycles. The van der Waals surface area contributed by atoms with Gasteiger partial charge in [-0.3, -0.25) is 9.78 Å². The van der Waals surface area contributed by atoms with E-state index in [4.69, 9.17) is 5.73 Å². The Kier molecular flexibility index (Phi) is 9.44. The van der Waals surface area contributed by atoms with E-state index in [2.05, 4.69) is 16.4 Å². The lowest BCUT2D eigenvalue weighted by molar-refractivity contribution is -0.122. The number of halogens is 2.